The molecular formula is C12H16F3NO. The zero-order valence-electron chi connectivity index (χ0n) is 9.63. The zero-order valence-corrected chi connectivity index (χ0v) is 9.63. The van der Waals surface area contributed by atoms with Crippen LogP contribution in [0.5, 0.6) is 0 Å². The number of rotatable bonds is 1. The molecule has 0 amide bonds. The van der Waals surface area contributed by atoms with Gasteiger partial charge in [-0.05, 0) is 13.3 Å². The fraction of sp³-hybridized carbons (Fsp3) is 0.667. The molecule has 1 fully saturated rings. The number of allylic oxidation sites excluding steroid dienone is 3. The quantitative estimate of drug-likeness (QED) is 0.768. The molecule has 0 aromatic carbocycles. The van der Waals surface area contributed by atoms with Gasteiger partial charge in [0, 0.05) is 18.5 Å². The molecule has 0 spiro atoms. The Hall–Kier alpha value is -0.810. The van der Waals surface area contributed by atoms with Crippen LogP contribution in [0.2, 0.25) is 0 Å². The van der Waals surface area contributed by atoms with Gasteiger partial charge in [-0.2, -0.15) is 13.2 Å². The molecule has 0 aromatic heterocycles. The van der Waals surface area contributed by atoms with Crippen LogP contribution in [0.3, 0.4) is 0 Å². The van der Waals surface area contributed by atoms with Gasteiger partial charge in [-0.25, -0.2) is 0 Å². The summed E-state index contributed by atoms with van der Waals surface area (Å²) >= 11 is 0. The van der Waals surface area contributed by atoms with E-state index >= 15 is 0 Å². The van der Waals surface area contributed by atoms with Crippen LogP contribution in [0, 0.1) is 5.92 Å². The molecule has 5 heteroatoms. The molecule has 2 nitrogen and oxygen atoms in total. The fourth-order valence-corrected chi connectivity index (χ4v) is 2.10. The molecule has 0 aromatic rings. The van der Waals surface area contributed by atoms with E-state index in [-0.39, 0.29) is 12.0 Å². The number of hydrogen-bond acceptors (Lipinski definition) is 2. The molecule has 1 saturated heterocycles. The smallest absolute Gasteiger partial charge is 0.375 e. The van der Waals surface area contributed by atoms with Crippen molar-refractivity contribution < 1.29 is 17.9 Å². The third kappa shape index (κ3) is 3.10. The highest BCUT2D eigenvalue weighted by Crippen LogP contribution is 2.32. The van der Waals surface area contributed by atoms with Crippen molar-refractivity contribution in [1.82, 2.24) is 5.32 Å². The van der Waals surface area contributed by atoms with E-state index in [1.54, 1.807) is 6.08 Å². The summed E-state index contributed by atoms with van der Waals surface area (Å²) in [5.74, 6) is 0.0427. The topological polar surface area (TPSA) is 21.3 Å². The predicted molar refractivity (Wildman–Crippen MR) is 58.6 cm³/mol. The molecule has 2 rings (SSSR count). The Morgan fingerprint density at radius 2 is 2.18 bits per heavy atom. The third-order valence-electron chi connectivity index (χ3n) is 3.17. The van der Waals surface area contributed by atoms with E-state index in [1.165, 1.54) is 6.08 Å². The molecule has 1 aliphatic heterocycles. The summed E-state index contributed by atoms with van der Waals surface area (Å²) in [6.45, 7) is 3.34. The second kappa shape index (κ2) is 4.82. The number of nitrogens with one attached hydrogen (secondary N) is 1. The van der Waals surface area contributed by atoms with Crippen LogP contribution in [0.1, 0.15) is 13.3 Å². The monoisotopic (exact) mass is 247 g/mol. The average molecular weight is 247 g/mol. The van der Waals surface area contributed by atoms with E-state index in [0.29, 0.717) is 25.6 Å². The fourth-order valence-electron chi connectivity index (χ4n) is 2.10. The first-order valence-corrected chi connectivity index (χ1v) is 5.77. The van der Waals surface area contributed by atoms with Gasteiger partial charge in [0.05, 0.1) is 18.3 Å². The van der Waals surface area contributed by atoms with Crippen LogP contribution in [-0.2, 0) is 4.74 Å². The first-order valence-electron chi connectivity index (χ1n) is 5.77. The molecule has 17 heavy (non-hydrogen) atoms. The van der Waals surface area contributed by atoms with E-state index in [0.717, 1.165) is 6.08 Å². The third-order valence-corrected chi connectivity index (χ3v) is 3.17. The Balaban J connectivity index is 1.92. The van der Waals surface area contributed by atoms with Gasteiger partial charge in [0.1, 0.15) is 0 Å². The summed E-state index contributed by atoms with van der Waals surface area (Å²) in [5, 5.41) is 3.27. The SMILES string of the molecule is C[C@H]1COC([C@@H]2C=CC(C(F)(F)F)=CC2)CN1. The van der Waals surface area contributed by atoms with Gasteiger partial charge in [0.25, 0.3) is 0 Å². The van der Waals surface area contributed by atoms with Gasteiger partial charge < -0.3 is 10.1 Å². The lowest BCUT2D eigenvalue weighted by Crippen LogP contribution is -2.47. The zero-order chi connectivity index (χ0) is 12.5. The van der Waals surface area contributed by atoms with Crippen LogP contribution in [-0.4, -0.2) is 31.5 Å². The van der Waals surface area contributed by atoms with E-state index in [4.69, 9.17) is 4.74 Å². The molecule has 1 aliphatic carbocycles. The first-order chi connectivity index (χ1) is 7.97. The van der Waals surface area contributed by atoms with Gasteiger partial charge >= 0.3 is 6.18 Å². The molecule has 2 aliphatic rings. The highest BCUT2D eigenvalue weighted by atomic mass is 19.4. The molecule has 0 saturated carbocycles. The lowest BCUT2D eigenvalue weighted by atomic mass is 9.91. The Bertz CT molecular complexity index is 327. The Morgan fingerprint density at radius 3 is 2.65 bits per heavy atom. The predicted octanol–water partition coefficient (Wildman–Crippen LogP) is 2.43. The summed E-state index contributed by atoms with van der Waals surface area (Å²) in [6, 6.07) is 0.320. The van der Waals surface area contributed by atoms with Crippen molar-refractivity contribution in [3.05, 3.63) is 23.8 Å². The summed E-state index contributed by atoms with van der Waals surface area (Å²) < 4.78 is 42.8. The molecule has 96 valence electrons. The van der Waals surface area contributed by atoms with Crippen molar-refractivity contribution in [2.24, 2.45) is 5.92 Å². The summed E-state index contributed by atoms with van der Waals surface area (Å²) in [5.41, 5.74) is -0.550. The van der Waals surface area contributed by atoms with Crippen LogP contribution in [0.15, 0.2) is 23.8 Å². The molecule has 0 bridgehead atoms. The lowest BCUT2D eigenvalue weighted by Gasteiger charge is -2.33. The first kappa shape index (κ1) is 12.6. The summed E-state index contributed by atoms with van der Waals surface area (Å²) in [7, 11) is 0. The van der Waals surface area contributed by atoms with Crippen molar-refractivity contribution in [3.8, 4) is 0 Å². The average Bonchev–Trinajstić information content (AvgIpc) is 2.29. The van der Waals surface area contributed by atoms with E-state index < -0.39 is 11.7 Å². The second-order valence-corrected chi connectivity index (χ2v) is 4.60. The summed E-state index contributed by atoms with van der Waals surface area (Å²) in [6.07, 6.45) is 0.175. The van der Waals surface area contributed by atoms with Crippen molar-refractivity contribution in [1.29, 1.82) is 0 Å². The van der Waals surface area contributed by atoms with Gasteiger partial charge in [0.15, 0.2) is 0 Å². The minimum atomic E-state index is -4.23. The van der Waals surface area contributed by atoms with E-state index in [1.807, 2.05) is 6.92 Å². The molecule has 1 unspecified atom stereocenters. The maximum atomic E-state index is 12.4. The van der Waals surface area contributed by atoms with Crippen molar-refractivity contribution in [3.63, 3.8) is 0 Å². The Kier molecular flexibility index (Phi) is 3.58. The standard InChI is InChI=1S/C12H16F3NO/c1-8-7-17-11(6-16-8)9-2-4-10(5-3-9)12(13,14)15/h2,4-5,8-9,11,16H,3,6-7H2,1H3/t8-,9+,11?/m0/s1. The number of hydrogen-bond donors (Lipinski definition) is 1. The van der Waals surface area contributed by atoms with Crippen molar-refractivity contribution >= 4 is 0 Å². The highest BCUT2D eigenvalue weighted by Gasteiger charge is 2.34. The minimum absolute atomic E-state index is 0.0199. The number of ether oxygens (including phenoxy) is 1. The second-order valence-electron chi connectivity index (χ2n) is 4.60. The summed E-state index contributed by atoms with van der Waals surface area (Å²) in [4.78, 5) is 0. The number of morpholine rings is 1. The van der Waals surface area contributed by atoms with Gasteiger partial charge in [-0.1, -0.05) is 18.2 Å². The van der Waals surface area contributed by atoms with E-state index in [2.05, 4.69) is 5.32 Å². The van der Waals surface area contributed by atoms with Crippen LogP contribution >= 0.6 is 0 Å². The number of halogens is 3. The van der Waals surface area contributed by atoms with Crippen LogP contribution in [0.25, 0.3) is 0 Å². The maximum Gasteiger partial charge on any atom is 0.416 e. The van der Waals surface area contributed by atoms with Crippen LogP contribution < -0.4 is 5.32 Å². The maximum absolute atomic E-state index is 12.4. The molecule has 3 atom stereocenters. The van der Waals surface area contributed by atoms with Crippen molar-refractivity contribution in [2.75, 3.05) is 13.2 Å². The number of alkyl halides is 3. The molecular weight excluding hydrogens is 231 g/mol. The van der Waals surface area contributed by atoms with Gasteiger partial charge in [-0.3, -0.25) is 0 Å². The minimum Gasteiger partial charge on any atom is -0.375 e. The normalized spacial score (nSPS) is 34.6. The molecule has 1 N–H and O–H groups in total. The Labute approximate surface area is 98.5 Å². The largest absolute Gasteiger partial charge is 0.416 e. The van der Waals surface area contributed by atoms with Crippen LogP contribution in [0.4, 0.5) is 13.2 Å². The molecule has 1 heterocycles. The van der Waals surface area contributed by atoms with E-state index in [9.17, 15) is 13.2 Å². The lowest BCUT2D eigenvalue weighted by molar-refractivity contribution is -0.0891. The van der Waals surface area contributed by atoms with Crippen molar-refractivity contribution in [2.45, 2.75) is 31.7 Å². The highest BCUT2D eigenvalue weighted by molar-refractivity contribution is 5.28. The molecule has 0 radical (unpaired) electrons. The van der Waals surface area contributed by atoms with Gasteiger partial charge in [-0.15, -0.1) is 0 Å². The Morgan fingerprint density at radius 1 is 1.41 bits per heavy atom. The van der Waals surface area contributed by atoms with Gasteiger partial charge in [0.2, 0.25) is 0 Å².